The average Bonchev–Trinajstić information content (AvgIpc) is 2.70. The van der Waals surface area contributed by atoms with E-state index < -0.39 is 0 Å². The van der Waals surface area contributed by atoms with Crippen molar-refractivity contribution in [3.63, 3.8) is 0 Å². The van der Waals surface area contributed by atoms with Crippen LogP contribution in [0, 0.1) is 18.8 Å². The van der Waals surface area contributed by atoms with Crippen molar-refractivity contribution in [1.29, 1.82) is 0 Å². The Morgan fingerprint density at radius 1 is 1.28 bits per heavy atom. The van der Waals surface area contributed by atoms with Crippen molar-refractivity contribution >= 4 is 5.82 Å². The van der Waals surface area contributed by atoms with Crippen LogP contribution in [0.1, 0.15) is 51.6 Å². The number of nitrogens with one attached hydrogen (secondary N) is 1. The maximum absolute atomic E-state index is 4.51. The van der Waals surface area contributed by atoms with Crippen LogP contribution in [0.2, 0.25) is 0 Å². The molecule has 0 aromatic carbocycles. The van der Waals surface area contributed by atoms with Crippen LogP contribution in [-0.2, 0) is 6.42 Å². The molecule has 1 aromatic heterocycles. The van der Waals surface area contributed by atoms with E-state index in [1.54, 1.807) is 0 Å². The number of anilines is 1. The lowest BCUT2D eigenvalue weighted by atomic mass is 9.93. The predicted molar refractivity (Wildman–Crippen MR) is 75.7 cm³/mol. The van der Waals surface area contributed by atoms with Crippen molar-refractivity contribution in [2.24, 2.45) is 11.8 Å². The minimum Gasteiger partial charge on any atom is -0.367 e. The van der Waals surface area contributed by atoms with Crippen molar-refractivity contribution in [3.05, 3.63) is 17.6 Å². The van der Waals surface area contributed by atoms with Crippen molar-refractivity contribution in [1.82, 2.24) is 9.97 Å². The molecule has 3 heteroatoms. The summed E-state index contributed by atoms with van der Waals surface area (Å²) < 4.78 is 0. The molecule has 3 nitrogen and oxygen atoms in total. The van der Waals surface area contributed by atoms with Crippen LogP contribution in [-0.4, -0.2) is 16.0 Å². The minimum atomic E-state index is 0.578. The van der Waals surface area contributed by atoms with Crippen molar-refractivity contribution in [2.75, 3.05) is 5.32 Å². The second kappa shape index (κ2) is 5.68. The van der Waals surface area contributed by atoms with Gasteiger partial charge in [0.15, 0.2) is 0 Å². The zero-order valence-corrected chi connectivity index (χ0v) is 12.0. The molecule has 1 saturated carbocycles. The molecule has 1 aliphatic rings. The van der Waals surface area contributed by atoms with E-state index in [0.717, 1.165) is 35.6 Å². The summed E-state index contributed by atoms with van der Waals surface area (Å²) in [5, 5.41) is 3.62. The van der Waals surface area contributed by atoms with E-state index in [1.807, 2.05) is 6.92 Å². The maximum atomic E-state index is 4.51. The zero-order valence-electron chi connectivity index (χ0n) is 12.0. The van der Waals surface area contributed by atoms with Crippen LogP contribution in [0.5, 0.6) is 0 Å². The molecule has 0 aliphatic heterocycles. The summed E-state index contributed by atoms with van der Waals surface area (Å²) in [7, 11) is 0. The molecule has 100 valence electrons. The highest BCUT2D eigenvalue weighted by Gasteiger charge is 2.31. The molecule has 1 aliphatic carbocycles. The molecule has 0 spiro atoms. The monoisotopic (exact) mass is 247 g/mol. The number of aryl methyl sites for hydroxylation is 2. The topological polar surface area (TPSA) is 37.8 Å². The summed E-state index contributed by atoms with van der Waals surface area (Å²) in [4.78, 5) is 8.93. The van der Waals surface area contributed by atoms with Crippen molar-refractivity contribution in [2.45, 2.75) is 59.4 Å². The first-order valence-electron chi connectivity index (χ1n) is 7.25. The maximum Gasteiger partial charge on any atom is 0.130 e. The quantitative estimate of drug-likeness (QED) is 0.883. The third-order valence-electron chi connectivity index (χ3n) is 4.34. The van der Waals surface area contributed by atoms with E-state index in [2.05, 4.69) is 42.1 Å². The lowest BCUT2D eigenvalue weighted by Crippen LogP contribution is -2.25. The zero-order chi connectivity index (χ0) is 13.1. The highest BCUT2D eigenvalue weighted by Crippen LogP contribution is 2.35. The minimum absolute atomic E-state index is 0.578. The fourth-order valence-electron chi connectivity index (χ4n) is 3.10. The third kappa shape index (κ3) is 2.82. The van der Waals surface area contributed by atoms with Gasteiger partial charge < -0.3 is 5.32 Å². The summed E-state index contributed by atoms with van der Waals surface area (Å²) in [6, 6.07) is 2.67. The smallest absolute Gasteiger partial charge is 0.130 e. The molecule has 18 heavy (non-hydrogen) atoms. The van der Waals surface area contributed by atoms with E-state index in [4.69, 9.17) is 0 Å². The molecule has 1 fully saturated rings. The van der Waals surface area contributed by atoms with Crippen LogP contribution in [0.4, 0.5) is 5.82 Å². The van der Waals surface area contributed by atoms with Gasteiger partial charge in [-0.05, 0) is 38.0 Å². The van der Waals surface area contributed by atoms with Crippen LogP contribution in [0.3, 0.4) is 0 Å². The lowest BCUT2D eigenvalue weighted by molar-refractivity contribution is 0.391. The van der Waals surface area contributed by atoms with Gasteiger partial charge in [-0.25, -0.2) is 9.97 Å². The average molecular weight is 247 g/mol. The SMILES string of the molecule is CCc1cc(NC2CCC(CC)C2C)nc(C)n1. The van der Waals surface area contributed by atoms with Gasteiger partial charge in [0.2, 0.25) is 0 Å². The van der Waals surface area contributed by atoms with E-state index in [0.29, 0.717) is 6.04 Å². The van der Waals surface area contributed by atoms with Crippen molar-refractivity contribution < 1.29 is 0 Å². The fraction of sp³-hybridized carbons (Fsp3) is 0.733. The largest absolute Gasteiger partial charge is 0.367 e. The fourth-order valence-corrected chi connectivity index (χ4v) is 3.10. The molecule has 1 heterocycles. The molecule has 0 radical (unpaired) electrons. The van der Waals surface area contributed by atoms with Crippen molar-refractivity contribution in [3.8, 4) is 0 Å². The Hall–Kier alpha value is -1.12. The highest BCUT2D eigenvalue weighted by atomic mass is 15.1. The summed E-state index contributed by atoms with van der Waals surface area (Å²) in [5.74, 6) is 3.49. The Morgan fingerprint density at radius 3 is 2.67 bits per heavy atom. The van der Waals surface area contributed by atoms with E-state index >= 15 is 0 Å². The standard InChI is InChI=1S/C15H25N3/c1-5-12-7-8-14(10(12)3)18-15-9-13(6-2)16-11(4)17-15/h9-10,12,14H,5-8H2,1-4H3,(H,16,17,18). The Balaban J connectivity index is 2.08. The van der Waals surface area contributed by atoms with Gasteiger partial charge in [0.25, 0.3) is 0 Å². The second-order valence-electron chi connectivity index (χ2n) is 5.50. The van der Waals surface area contributed by atoms with Gasteiger partial charge in [-0.1, -0.05) is 27.2 Å². The first-order chi connectivity index (χ1) is 8.63. The predicted octanol–water partition coefficient (Wildman–Crippen LogP) is 3.58. The Bertz CT molecular complexity index is 403. The number of aromatic nitrogens is 2. The Morgan fingerprint density at radius 2 is 2.06 bits per heavy atom. The third-order valence-corrected chi connectivity index (χ3v) is 4.34. The summed E-state index contributed by atoms with van der Waals surface area (Å²) in [5.41, 5.74) is 1.13. The number of rotatable bonds is 4. The molecule has 0 amide bonds. The molecule has 0 saturated heterocycles. The molecule has 1 aromatic rings. The summed E-state index contributed by atoms with van der Waals surface area (Å²) in [6.07, 6.45) is 4.88. The van der Waals surface area contributed by atoms with E-state index in [1.165, 1.54) is 19.3 Å². The Kier molecular flexibility index (Phi) is 4.20. The van der Waals surface area contributed by atoms with Gasteiger partial charge in [-0.2, -0.15) is 0 Å². The van der Waals surface area contributed by atoms with Gasteiger partial charge >= 0.3 is 0 Å². The van der Waals surface area contributed by atoms with Gasteiger partial charge in [0.05, 0.1) is 0 Å². The first-order valence-corrected chi connectivity index (χ1v) is 7.25. The first kappa shape index (κ1) is 13.3. The number of hydrogen-bond donors (Lipinski definition) is 1. The van der Waals surface area contributed by atoms with Gasteiger partial charge in [0.1, 0.15) is 11.6 Å². The van der Waals surface area contributed by atoms with Crippen LogP contribution >= 0.6 is 0 Å². The lowest BCUT2D eigenvalue weighted by Gasteiger charge is -2.21. The number of hydrogen-bond acceptors (Lipinski definition) is 3. The van der Waals surface area contributed by atoms with Gasteiger partial charge in [-0.15, -0.1) is 0 Å². The van der Waals surface area contributed by atoms with Gasteiger partial charge in [0, 0.05) is 17.8 Å². The van der Waals surface area contributed by atoms with E-state index in [9.17, 15) is 0 Å². The highest BCUT2D eigenvalue weighted by molar-refractivity contribution is 5.37. The molecular weight excluding hydrogens is 222 g/mol. The summed E-state index contributed by atoms with van der Waals surface area (Å²) >= 11 is 0. The van der Waals surface area contributed by atoms with E-state index in [-0.39, 0.29) is 0 Å². The normalized spacial score (nSPS) is 27.4. The molecule has 1 N–H and O–H groups in total. The Labute approximate surface area is 110 Å². The molecule has 2 rings (SSSR count). The molecule has 0 bridgehead atoms. The molecule has 3 atom stereocenters. The van der Waals surface area contributed by atoms with Crippen LogP contribution < -0.4 is 5.32 Å². The molecule has 3 unspecified atom stereocenters. The van der Waals surface area contributed by atoms with Gasteiger partial charge in [-0.3, -0.25) is 0 Å². The number of nitrogens with zero attached hydrogens (tertiary/aromatic N) is 2. The summed E-state index contributed by atoms with van der Waals surface area (Å²) in [6.45, 7) is 8.77. The molecular formula is C15H25N3. The second-order valence-corrected chi connectivity index (χ2v) is 5.50. The van der Waals surface area contributed by atoms with Crippen LogP contribution in [0.15, 0.2) is 6.07 Å². The van der Waals surface area contributed by atoms with Crippen LogP contribution in [0.25, 0.3) is 0 Å².